The summed E-state index contributed by atoms with van der Waals surface area (Å²) in [5.41, 5.74) is 6.88. The van der Waals surface area contributed by atoms with Gasteiger partial charge in [-0.3, -0.25) is 0 Å². The van der Waals surface area contributed by atoms with Gasteiger partial charge in [-0.2, -0.15) is 5.26 Å². The molecule has 2 spiro atoms. The average Bonchev–Trinajstić information content (AvgIpc) is 4.35. The highest BCUT2D eigenvalue weighted by molar-refractivity contribution is 6.82. The molecule has 2 nitrogen and oxygen atoms in total. The van der Waals surface area contributed by atoms with Gasteiger partial charge in [0.15, 0.2) is 0 Å². The number of benzene rings is 18. The Morgan fingerprint density at radius 3 is 0.586 bits per heavy atom. The highest BCUT2D eigenvalue weighted by atomic mass is 15.2. The molecule has 33 rings (SSSR count). The van der Waals surface area contributed by atoms with Gasteiger partial charge in [-0.15, -0.1) is 0 Å². The van der Waals surface area contributed by atoms with Crippen LogP contribution in [0.4, 0.5) is 0 Å². The second-order valence-corrected chi connectivity index (χ2v) is 26.2. The van der Waals surface area contributed by atoms with Crippen LogP contribution >= 0.6 is 0 Å². The predicted molar refractivity (Wildman–Crippen MR) is 294 cm³/mol. The van der Waals surface area contributed by atoms with Gasteiger partial charge in [0, 0.05) is 19.5 Å². The lowest BCUT2D eigenvalue weighted by molar-refractivity contribution is 0.312. The lowest BCUT2D eigenvalue weighted by Crippen LogP contribution is -2.51. The third-order valence-electron chi connectivity index (χ3n) is 25.9. The van der Waals surface area contributed by atoms with Crippen molar-refractivity contribution in [2.45, 2.75) is 36.5 Å². The summed E-state index contributed by atoms with van der Waals surface area (Å²) in [7, 11) is 0. The van der Waals surface area contributed by atoms with Crippen LogP contribution < -0.4 is 0 Å². The van der Waals surface area contributed by atoms with Gasteiger partial charge in [0.05, 0.1) is 16.9 Å². The minimum Gasteiger partial charge on any atom is -0.301 e. The molecule has 28 aromatic rings. The van der Waals surface area contributed by atoms with Crippen molar-refractivity contribution in [2.24, 2.45) is 0 Å². The van der Waals surface area contributed by atoms with Crippen molar-refractivity contribution in [3.8, 4) is 6.07 Å². The van der Waals surface area contributed by atoms with E-state index in [-0.39, 0.29) is 10.8 Å². The standard InChI is InChI=1S/C68H14N2/c69-5-3-1-2-4-6-70-7-67-63-55-47-37-27-19-11-9-10-13-17-15(11)23-31-25(17)35-29-21(13)22-14(10)18-16-12(9)20(19)28-34-24(16)32-26(18)36-30(22)40-39(29)49-43(35)53-45(31)51(41(47)33(23)27)59(63)61(53)65-57(49)58-50(40)44(36)54-46(32)52-42(34)48(38(28)37)56(55)64(67)60(52)62(54)66(58)68(65,67)8-70/h1-4,6-8H2. The summed E-state index contributed by atoms with van der Waals surface area (Å²) in [6.45, 7) is 3.35. The fourth-order valence-electron chi connectivity index (χ4n) is 25.7. The van der Waals surface area contributed by atoms with Gasteiger partial charge in [0.2, 0.25) is 0 Å². The Kier molecular flexibility index (Phi) is 2.33. The number of hydrogen-bond donors (Lipinski definition) is 0. The Balaban J connectivity index is 1.12. The maximum atomic E-state index is 9.61. The molecule has 0 saturated carbocycles. The summed E-state index contributed by atoms with van der Waals surface area (Å²) < 4.78 is 0. The Bertz CT molecular complexity index is 6600. The van der Waals surface area contributed by atoms with Crippen molar-refractivity contribution in [3.63, 3.8) is 0 Å². The Hall–Kier alpha value is -8.09. The number of likely N-dealkylation sites (tertiary alicyclic amines) is 1. The number of nitriles is 1. The largest absolute Gasteiger partial charge is 0.301 e. The molecule has 5 aliphatic rings. The maximum Gasteiger partial charge on any atom is 0.0621 e. The van der Waals surface area contributed by atoms with Crippen molar-refractivity contribution < 1.29 is 0 Å². The molecule has 1 heterocycles. The van der Waals surface area contributed by atoms with E-state index in [9.17, 15) is 5.26 Å². The van der Waals surface area contributed by atoms with Gasteiger partial charge in [-0.1, -0.05) is 6.42 Å². The zero-order valence-electron chi connectivity index (χ0n) is 36.3. The first-order chi connectivity index (χ1) is 34.9. The second kappa shape index (κ2) is 6.13. The summed E-state index contributed by atoms with van der Waals surface area (Å²) in [6.07, 6.45) is 4.01. The molecular formula is C68H14N2. The van der Waals surface area contributed by atoms with Crippen LogP contribution in [-0.4, -0.2) is 24.5 Å². The van der Waals surface area contributed by atoms with E-state index in [1.165, 1.54) is 6.42 Å². The highest BCUT2D eigenvalue weighted by Gasteiger charge is 2.72. The summed E-state index contributed by atoms with van der Waals surface area (Å²) in [4.78, 5) is 3.04. The molecule has 0 unspecified atom stereocenters. The van der Waals surface area contributed by atoms with Crippen molar-refractivity contribution in [3.05, 3.63) is 22.3 Å². The predicted octanol–water partition coefficient (Wildman–Crippen LogP) is 17.7. The first-order valence-corrected chi connectivity index (χ1v) is 26.7. The van der Waals surface area contributed by atoms with Crippen LogP contribution in [0.3, 0.4) is 0 Å². The van der Waals surface area contributed by atoms with E-state index in [1.807, 2.05) is 0 Å². The van der Waals surface area contributed by atoms with Crippen molar-refractivity contribution in [1.82, 2.24) is 4.90 Å². The molecule has 4 aliphatic carbocycles. The molecular weight excluding hydrogens is 845 g/mol. The summed E-state index contributed by atoms with van der Waals surface area (Å²) in [5, 5.41) is 100. The Morgan fingerprint density at radius 2 is 0.414 bits per heavy atom. The monoisotopic (exact) mass is 858 g/mol. The van der Waals surface area contributed by atoms with Gasteiger partial charge < -0.3 is 4.90 Å². The number of unbranched alkanes of at least 4 members (excludes halogenated alkanes) is 3. The minimum atomic E-state index is -0.162. The maximum absolute atomic E-state index is 9.61. The van der Waals surface area contributed by atoms with E-state index in [2.05, 4.69) is 11.0 Å². The number of hydrogen-bond acceptors (Lipinski definition) is 2. The summed E-state index contributed by atoms with van der Waals surface area (Å²) in [6, 6.07) is 2.48. The highest BCUT2D eigenvalue weighted by Crippen LogP contribution is 2.85. The summed E-state index contributed by atoms with van der Waals surface area (Å²) >= 11 is 0. The molecule has 0 atom stereocenters. The summed E-state index contributed by atoms with van der Waals surface area (Å²) in [5.74, 6) is 0. The second-order valence-electron chi connectivity index (χ2n) is 26.2. The van der Waals surface area contributed by atoms with Crippen LogP contribution in [-0.2, 0) is 10.8 Å². The van der Waals surface area contributed by atoms with Gasteiger partial charge in [0.1, 0.15) is 0 Å². The van der Waals surface area contributed by atoms with Crippen LogP contribution in [0, 0.1) is 11.3 Å². The molecule has 0 N–H and O–H groups in total. The molecule has 0 amide bonds. The van der Waals surface area contributed by atoms with Crippen molar-refractivity contribution in [1.29, 1.82) is 5.26 Å². The molecule has 0 radical (unpaired) electrons. The lowest BCUT2D eigenvalue weighted by atomic mass is 9.50. The molecule has 70 heavy (non-hydrogen) atoms. The van der Waals surface area contributed by atoms with E-state index >= 15 is 0 Å². The first kappa shape index (κ1) is 26.6. The fourth-order valence-corrected chi connectivity index (χ4v) is 25.7. The molecule has 2 heteroatoms. The van der Waals surface area contributed by atoms with Crippen LogP contribution in [0.5, 0.6) is 0 Å². The zero-order valence-corrected chi connectivity index (χ0v) is 36.3. The van der Waals surface area contributed by atoms with Crippen LogP contribution in [0.25, 0.3) is 291 Å². The van der Waals surface area contributed by atoms with Gasteiger partial charge in [0.25, 0.3) is 0 Å². The quantitative estimate of drug-likeness (QED) is 0.127. The molecule has 1 aliphatic heterocycles. The molecule has 1 saturated heterocycles. The van der Waals surface area contributed by atoms with Crippen LogP contribution in [0.1, 0.15) is 47.9 Å². The SMILES string of the molecule is N#CCCCCCN1CC23c4c5c6c7c8c9c(c%10c%11c2c2c4c4c%12c5c5c6c6c8c8c%13c9c9c%10c%10c%11c%11c2c2c4c4c%12c%12c5c5c6c8c6c8c%13c9c9c%10c%10c%11c2c2c4c4c%12c5c6c5c8c9c%10c2c45)C73C1. The molecule has 1 fully saturated rings. The van der Waals surface area contributed by atoms with E-state index in [1.54, 1.807) is 313 Å². The van der Waals surface area contributed by atoms with E-state index < -0.39 is 0 Å². The topological polar surface area (TPSA) is 27.0 Å². The average molecular weight is 859 g/mol. The number of nitrogens with zero attached hydrogens (tertiary/aromatic N) is 2. The third kappa shape index (κ3) is 1.43. The smallest absolute Gasteiger partial charge is 0.0621 e. The third-order valence-corrected chi connectivity index (χ3v) is 25.9. The Labute approximate surface area is 383 Å². The van der Waals surface area contributed by atoms with Crippen LogP contribution in [0.2, 0.25) is 0 Å². The van der Waals surface area contributed by atoms with Crippen molar-refractivity contribution in [2.75, 3.05) is 19.6 Å². The first-order valence-electron chi connectivity index (χ1n) is 26.7. The van der Waals surface area contributed by atoms with Crippen molar-refractivity contribution >= 4 is 291 Å². The Morgan fingerprint density at radius 1 is 0.243 bits per heavy atom. The van der Waals surface area contributed by atoms with E-state index in [0.717, 1.165) is 32.5 Å². The van der Waals surface area contributed by atoms with E-state index in [4.69, 9.17) is 0 Å². The molecule has 296 valence electrons. The molecule has 0 aromatic heterocycles. The van der Waals surface area contributed by atoms with Gasteiger partial charge >= 0.3 is 0 Å². The minimum absolute atomic E-state index is 0.162. The van der Waals surface area contributed by atoms with Gasteiger partial charge in [-0.05, 0) is 332 Å². The van der Waals surface area contributed by atoms with Crippen LogP contribution in [0.15, 0.2) is 0 Å². The number of rotatable bonds is 5. The molecule has 0 bridgehead atoms. The van der Waals surface area contributed by atoms with E-state index in [0.29, 0.717) is 6.42 Å². The lowest BCUT2D eigenvalue weighted by Gasteiger charge is -2.49. The fraction of sp³-hybridized carbons (Fsp3) is 0.132. The molecule has 28 aromatic carbocycles. The zero-order chi connectivity index (χ0) is 41.7. The van der Waals surface area contributed by atoms with Gasteiger partial charge in [-0.25, -0.2) is 0 Å². The normalized spacial score (nSPS) is 22.8.